The zero-order chi connectivity index (χ0) is 24.2. The Kier molecular flexibility index (Phi) is 6.38. The van der Waals surface area contributed by atoms with Crippen LogP contribution in [0.15, 0.2) is 24.3 Å². The highest BCUT2D eigenvalue weighted by Gasteiger charge is 2.57. The van der Waals surface area contributed by atoms with E-state index in [1.165, 1.54) is 51.4 Å². The number of fused-ring (bicyclic) bond motifs is 4. The predicted molar refractivity (Wildman–Crippen MR) is 135 cm³/mol. The highest BCUT2D eigenvalue weighted by atomic mass is 16.6. The molecular formula is C31H44O4. The molecular weight excluding hydrogens is 436 g/mol. The number of ether oxygens (including phenoxy) is 2. The molecule has 0 aromatic carbocycles. The number of hydrogen-bond acceptors (Lipinski definition) is 4. The summed E-state index contributed by atoms with van der Waals surface area (Å²) >= 11 is 0. The largest absolute Gasteiger partial charge is 0.466 e. The summed E-state index contributed by atoms with van der Waals surface area (Å²) in [6, 6.07) is 0. The van der Waals surface area contributed by atoms with E-state index in [9.17, 15) is 9.59 Å². The van der Waals surface area contributed by atoms with Crippen molar-refractivity contribution in [1.82, 2.24) is 0 Å². The van der Waals surface area contributed by atoms with Gasteiger partial charge in [0.25, 0.3) is 0 Å². The SMILES string of the molecule is CC1(OC(=O)C2CC3C=CC2C3)C2CC3CC(C2)CC1C3.CCOC(=O)CCC1CC2C=CC1C2. The lowest BCUT2D eigenvalue weighted by Crippen LogP contribution is -2.58. The number of allylic oxidation sites excluding steroid dienone is 4. The van der Waals surface area contributed by atoms with Gasteiger partial charge in [-0.1, -0.05) is 24.3 Å². The molecule has 0 aliphatic heterocycles. The molecule has 0 aromatic rings. The topological polar surface area (TPSA) is 52.6 Å². The maximum absolute atomic E-state index is 12.8. The van der Waals surface area contributed by atoms with Crippen molar-refractivity contribution in [3.8, 4) is 0 Å². The monoisotopic (exact) mass is 480 g/mol. The summed E-state index contributed by atoms with van der Waals surface area (Å²) in [7, 11) is 0. The quantitative estimate of drug-likeness (QED) is 0.322. The molecule has 8 aliphatic carbocycles. The minimum absolute atomic E-state index is 0.0285. The van der Waals surface area contributed by atoms with Crippen molar-refractivity contribution >= 4 is 11.9 Å². The molecule has 8 bridgehead atoms. The summed E-state index contributed by atoms with van der Waals surface area (Å²) in [4.78, 5) is 23.9. The van der Waals surface area contributed by atoms with Crippen LogP contribution in [0.1, 0.15) is 84.5 Å². The summed E-state index contributed by atoms with van der Waals surface area (Å²) in [5.74, 6) is 6.86. The van der Waals surface area contributed by atoms with Crippen molar-refractivity contribution in [3.63, 3.8) is 0 Å². The molecule has 4 nitrogen and oxygen atoms in total. The van der Waals surface area contributed by atoms with E-state index in [4.69, 9.17) is 9.47 Å². The van der Waals surface area contributed by atoms with Crippen LogP contribution in [0.3, 0.4) is 0 Å². The average molecular weight is 481 g/mol. The summed E-state index contributed by atoms with van der Waals surface area (Å²) in [5, 5.41) is 0. The number of esters is 2. The van der Waals surface area contributed by atoms with Gasteiger partial charge >= 0.3 is 11.9 Å². The second-order valence-corrected chi connectivity index (χ2v) is 13.2. The third kappa shape index (κ3) is 4.53. The minimum atomic E-state index is -0.143. The summed E-state index contributed by atoms with van der Waals surface area (Å²) < 4.78 is 11.2. The average Bonchev–Trinajstić information content (AvgIpc) is 3.64. The molecule has 0 heterocycles. The maximum atomic E-state index is 12.8. The van der Waals surface area contributed by atoms with Crippen molar-refractivity contribution in [2.45, 2.75) is 90.1 Å². The van der Waals surface area contributed by atoms with Gasteiger partial charge in [-0.3, -0.25) is 9.59 Å². The van der Waals surface area contributed by atoms with Gasteiger partial charge in [-0.15, -0.1) is 0 Å². The van der Waals surface area contributed by atoms with Crippen LogP contribution in [-0.4, -0.2) is 24.1 Å². The van der Waals surface area contributed by atoms with Crippen molar-refractivity contribution < 1.29 is 19.1 Å². The van der Waals surface area contributed by atoms with Gasteiger partial charge in [0.05, 0.1) is 12.5 Å². The normalized spacial score (nSPS) is 47.1. The number of carbonyl (C=O) groups excluding carboxylic acids is 2. The summed E-state index contributed by atoms with van der Waals surface area (Å²) in [6.07, 6.45) is 22.4. The van der Waals surface area contributed by atoms with Gasteiger partial charge in [0, 0.05) is 6.42 Å². The molecule has 0 radical (unpaired) electrons. The van der Waals surface area contributed by atoms with E-state index in [2.05, 4.69) is 31.2 Å². The molecule has 6 atom stereocenters. The van der Waals surface area contributed by atoms with Gasteiger partial charge in [-0.2, -0.15) is 0 Å². The first kappa shape index (κ1) is 23.8. The van der Waals surface area contributed by atoms with Crippen molar-refractivity contribution in [2.75, 3.05) is 6.61 Å². The van der Waals surface area contributed by atoms with Gasteiger partial charge in [0.15, 0.2) is 0 Å². The third-order valence-electron chi connectivity index (χ3n) is 11.1. The Morgan fingerprint density at radius 2 is 1.43 bits per heavy atom. The highest BCUT2D eigenvalue weighted by Crippen LogP contribution is 2.60. The molecule has 192 valence electrons. The fraction of sp³-hybridized carbons (Fsp3) is 0.806. The second kappa shape index (κ2) is 9.38. The van der Waals surface area contributed by atoms with E-state index in [0.717, 1.165) is 42.4 Å². The van der Waals surface area contributed by atoms with Crippen molar-refractivity contribution in [1.29, 1.82) is 0 Å². The lowest BCUT2D eigenvalue weighted by Gasteiger charge is -2.59. The molecule has 4 heteroatoms. The minimum Gasteiger partial charge on any atom is -0.466 e. The smallest absolute Gasteiger partial charge is 0.310 e. The van der Waals surface area contributed by atoms with E-state index in [0.29, 0.717) is 36.7 Å². The first-order valence-electron chi connectivity index (χ1n) is 14.7. The van der Waals surface area contributed by atoms with Gasteiger partial charge in [0.2, 0.25) is 0 Å². The van der Waals surface area contributed by atoms with Crippen molar-refractivity contribution in [3.05, 3.63) is 24.3 Å². The molecule has 0 amide bonds. The lowest BCUT2D eigenvalue weighted by molar-refractivity contribution is -0.207. The molecule has 0 aromatic heterocycles. The number of hydrogen-bond donors (Lipinski definition) is 0. The maximum Gasteiger partial charge on any atom is 0.310 e. The molecule has 6 unspecified atom stereocenters. The fourth-order valence-electron chi connectivity index (χ4n) is 9.39. The van der Waals surface area contributed by atoms with E-state index < -0.39 is 0 Å². The van der Waals surface area contributed by atoms with Crippen LogP contribution >= 0.6 is 0 Å². The lowest BCUT2D eigenvalue weighted by atomic mass is 9.50. The van der Waals surface area contributed by atoms with Gasteiger partial charge in [-0.05, 0) is 131 Å². The molecule has 6 saturated carbocycles. The molecule has 0 saturated heterocycles. The van der Waals surface area contributed by atoms with E-state index in [1.807, 2.05) is 6.92 Å². The highest BCUT2D eigenvalue weighted by molar-refractivity contribution is 5.74. The standard InChI is InChI=1S/C19H26O2.C12H18O2/c1-19(15-6-12-4-13(8-15)9-16(19)7-12)21-18(20)17-10-11-2-3-14(17)5-11;1-2-14-12(13)6-5-11-8-9-3-4-10(11)7-9/h2-3,11-17H,4-10H2,1H3;3-4,9-11H,2,5-8H2,1H3. The molecule has 0 N–H and O–H groups in total. The van der Waals surface area contributed by atoms with Crippen molar-refractivity contribution in [2.24, 2.45) is 59.2 Å². The Morgan fingerprint density at radius 1 is 0.800 bits per heavy atom. The molecule has 35 heavy (non-hydrogen) atoms. The van der Waals surface area contributed by atoms with E-state index in [-0.39, 0.29) is 23.5 Å². The van der Waals surface area contributed by atoms with E-state index >= 15 is 0 Å². The zero-order valence-electron chi connectivity index (χ0n) is 21.7. The third-order valence-corrected chi connectivity index (χ3v) is 11.1. The Labute approximate surface area is 211 Å². The predicted octanol–water partition coefficient (Wildman–Crippen LogP) is 6.50. The molecule has 0 spiro atoms. The van der Waals surface area contributed by atoms with Crippen LogP contribution in [0.2, 0.25) is 0 Å². The first-order chi connectivity index (χ1) is 16.9. The zero-order valence-corrected chi connectivity index (χ0v) is 21.7. The fourth-order valence-corrected chi connectivity index (χ4v) is 9.39. The van der Waals surface area contributed by atoms with Crippen LogP contribution < -0.4 is 0 Å². The summed E-state index contributed by atoms with van der Waals surface area (Å²) in [6.45, 7) is 4.63. The summed E-state index contributed by atoms with van der Waals surface area (Å²) in [5.41, 5.74) is -0.143. The van der Waals surface area contributed by atoms with Crippen LogP contribution in [0, 0.1) is 59.2 Å². The van der Waals surface area contributed by atoms with Crippen LogP contribution in [0.25, 0.3) is 0 Å². The number of rotatable bonds is 6. The van der Waals surface area contributed by atoms with Gasteiger partial charge < -0.3 is 9.47 Å². The second-order valence-electron chi connectivity index (χ2n) is 13.2. The first-order valence-corrected chi connectivity index (χ1v) is 14.7. The van der Waals surface area contributed by atoms with Gasteiger partial charge in [0.1, 0.15) is 5.60 Å². The van der Waals surface area contributed by atoms with E-state index in [1.54, 1.807) is 0 Å². The van der Waals surface area contributed by atoms with Crippen LogP contribution in [-0.2, 0) is 19.1 Å². The molecule has 8 aliphatic rings. The molecule has 6 fully saturated rings. The number of carbonyl (C=O) groups is 2. The van der Waals surface area contributed by atoms with Crippen LogP contribution in [0.5, 0.6) is 0 Å². The van der Waals surface area contributed by atoms with Crippen LogP contribution in [0.4, 0.5) is 0 Å². The van der Waals surface area contributed by atoms with Gasteiger partial charge in [-0.25, -0.2) is 0 Å². The Morgan fingerprint density at radius 3 is 1.94 bits per heavy atom. The Hall–Kier alpha value is -1.58. The molecule has 8 rings (SSSR count). The Bertz CT molecular complexity index is 858. The Balaban J connectivity index is 0.000000143.